The third kappa shape index (κ3) is 10.4. The maximum Gasteiger partial charge on any atom is 0.126 e. The first kappa shape index (κ1) is 24.0. The summed E-state index contributed by atoms with van der Waals surface area (Å²) in [5.74, 6) is 0.901. The number of hydrogen-bond acceptors (Lipinski definition) is 1. The molecule has 0 N–H and O–H groups in total. The summed E-state index contributed by atoms with van der Waals surface area (Å²) in [5.41, 5.74) is 3.60. The Labute approximate surface area is 149 Å². The van der Waals surface area contributed by atoms with Crippen LogP contribution >= 0.6 is 0 Å². The van der Waals surface area contributed by atoms with Crippen LogP contribution in [-0.2, 0) is 0 Å². The number of ether oxygens (including phenoxy) is 1. The van der Waals surface area contributed by atoms with E-state index in [9.17, 15) is 0 Å². The molecule has 0 saturated carbocycles. The molecule has 0 amide bonds. The van der Waals surface area contributed by atoms with Crippen LogP contribution in [0.3, 0.4) is 0 Å². The molecule has 1 nitrogen and oxygen atoms in total. The van der Waals surface area contributed by atoms with Gasteiger partial charge in [-0.05, 0) is 25.5 Å². The van der Waals surface area contributed by atoms with Gasteiger partial charge in [0.25, 0.3) is 0 Å². The highest BCUT2D eigenvalue weighted by Gasteiger charge is 2.01. The lowest BCUT2D eigenvalue weighted by atomic mass is 10.1. The first-order valence-corrected chi connectivity index (χ1v) is 8.63. The first-order chi connectivity index (χ1) is 11.7. The van der Waals surface area contributed by atoms with Gasteiger partial charge in [-0.3, -0.25) is 0 Å². The fourth-order valence-corrected chi connectivity index (χ4v) is 1.77. The zero-order chi connectivity index (χ0) is 18.8. The smallest absolute Gasteiger partial charge is 0.126 e. The van der Waals surface area contributed by atoms with E-state index in [-0.39, 0.29) is 0 Å². The van der Waals surface area contributed by atoms with E-state index < -0.39 is 0 Å². The summed E-state index contributed by atoms with van der Waals surface area (Å²) in [7, 11) is 1.68. The van der Waals surface area contributed by atoms with Gasteiger partial charge < -0.3 is 4.74 Å². The van der Waals surface area contributed by atoms with Crippen LogP contribution < -0.4 is 4.74 Å². The molecule has 2 aromatic carbocycles. The Bertz CT molecular complexity index is 553. The van der Waals surface area contributed by atoms with Crippen LogP contribution in [-0.4, -0.2) is 7.11 Å². The quantitative estimate of drug-likeness (QED) is 0.536. The van der Waals surface area contributed by atoms with Gasteiger partial charge >= 0.3 is 0 Å². The number of para-hydroxylation sites is 1. The zero-order valence-electron chi connectivity index (χ0n) is 16.5. The van der Waals surface area contributed by atoms with E-state index in [1.165, 1.54) is 5.56 Å². The molecule has 0 aliphatic carbocycles. The Morgan fingerprint density at radius 3 is 1.79 bits per heavy atom. The van der Waals surface area contributed by atoms with Crippen LogP contribution in [0.15, 0.2) is 73.3 Å². The highest BCUT2D eigenvalue weighted by Crippen LogP contribution is 2.24. The van der Waals surface area contributed by atoms with Gasteiger partial charge in [0.05, 0.1) is 7.11 Å². The second-order valence-corrected chi connectivity index (χ2v) is 4.44. The van der Waals surface area contributed by atoms with Crippen LogP contribution in [0.1, 0.15) is 45.7 Å². The minimum atomic E-state index is 0.901. The molecule has 0 aliphatic heterocycles. The van der Waals surface area contributed by atoms with E-state index in [1.807, 2.05) is 83.2 Å². The van der Waals surface area contributed by atoms with Crippen molar-refractivity contribution in [2.24, 2.45) is 0 Å². The summed E-state index contributed by atoms with van der Waals surface area (Å²) in [6, 6.07) is 18.2. The van der Waals surface area contributed by atoms with Crippen molar-refractivity contribution in [3.8, 4) is 5.75 Å². The molecular formula is C23H34O. The van der Waals surface area contributed by atoms with Crippen LogP contribution in [0, 0.1) is 6.92 Å². The van der Waals surface area contributed by atoms with E-state index in [2.05, 4.69) is 25.6 Å². The second kappa shape index (κ2) is 17.1. The molecule has 0 heterocycles. The van der Waals surface area contributed by atoms with Gasteiger partial charge in [0.15, 0.2) is 0 Å². The molecule has 0 unspecified atom stereocenters. The Balaban J connectivity index is 0. The molecule has 2 rings (SSSR count). The normalized spacial score (nSPS) is 9.04. The Morgan fingerprint density at radius 1 is 0.875 bits per heavy atom. The minimum absolute atomic E-state index is 0.901. The van der Waals surface area contributed by atoms with Crippen molar-refractivity contribution in [2.75, 3.05) is 7.11 Å². The van der Waals surface area contributed by atoms with Gasteiger partial charge in [-0.25, -0.2) is 0 Å². The molecule has 0 bridgehead atoms. The van der Waals surface area contributed by atoms with Gasteiger partial charge in [0.2, 0.25) is 0 Å². The number of aryl methyl sites for hydroxylation is 1. The number of hydrogen-bond donors (Lipinski definition) is 0. The van der Waals surface area contributed by atoms with Gasteiger partial charge in [0.1, 0.15) is 5.75 Å². The largest absolute Gasteiger partial charge is 0.496 e. The lowest BCUT2D eigenvalue weighted by Crippen LogP contribution is -1.88. The van der Waals surface area contributed by atoms with Gasteiger partial charge in [-0.2, -0.15) is 0 Å². The zero-order valence-corrected chi connectivity index (χ0v) is 16.5. The van der Waals surface area contributed by atoms with Crippen molar-refractivity contribution in [3.63, 3.8) is 0 Å². The molecular weight excluding hydrogens is 292 g/mol. The number of allylic oxidation sites excluding steroid dienone is 3. The average Bonchev–Trinajstić information content (AvgIpc) is 2.66. The Morgan fingerprint density at radius 2 is 1.38 bits per heavy atom. The molecule has 24 heavy (non-hydrogen) atoms. The summed E-state index contributed by atoms with van der Waals surface area (Å²) in [5, 5.41) is 0. The monoisotopic (exact) mass is 326 g/mol. The van der Waals surface area contributed by atoms with Crippen molar-refractivity contribution in [1.82, 2.24) is 0 Å². The average molecular weight is 327 g/mol. The van der Waals surface area contributed by atoms with E-state index in [1.54, 1.807) is 13.2 Å². The van der Waals surface area contributed by atoms with Crippen molar-refractivity contribution >= 4 is 5.57 Å². The number of benzene rings is 2. The molecule has 0 aromatic heterocycles. The standard InChI is InChI=1S/C12H14O.C7H8.2C2H6/c1-4-7-10(2)11-8-5-6-9-12(11)13-3;1-7-5-3-2-4-6-7;2*1-2/h4-9H,1H2,2-3H3;2-6H,1H3;2*1-2H3/b10-7+;;;. The number of methoxy groups -OCH3 is 1. The van der Waals surface area contributed by atoms with Crippen molar-refractivity contribution < 1.29 is 4.74 Å². The van der Waals surface area contributed by atoms with E-state index in [4.69, 9.17) is 4.74 Å². The van der Waals surface area contributed by atoms with Crippen molar-refractivity contribution in [1.29, 1.82) is 0 Å². The SMILES string of the molecule is C=C/C=C(\C)c1ccccc1OC.CC.CC.Cc1ccccc1. The fourth-order valence-electron chi connectivity index (χ4n) is 1.77. The lowest BCUT2D eigenvalue weighted by Gasteiger charge is -2.07. The van der Waals surface area contributed by atoms with Crippen LogP contribution in [0.2, 0.25) is 0 Å². The predicted molar refractivity (Wildman–Crippen MR) is 111 cm³/mol. The molecule has 132 valence electrons. The molecule has 0 spiro atoms. The highest BCUT2D eigenvalue weighted by molar-refractivity contribution is 5.69. The molecule has 0 fully saturated rings. The highest BCUT2D eigenvalue weighted by atomic mass is 16.5. The molecule has 1 heteroatoms. The van der Waals surface area contributed by atoms with E-state index in [0.717, 1.165) is 16.9 Å². The topological polar surface area (TPSA) is 9.23 Å². The third-order valence-corrected chi connectivity index (χ3v) is 2.84. The minimum Gasteiger partial charge on any atom is -0.496 e. The summed E-state index contributed by atoms with van der Waals surface area (Å²) in [6.07, 6.45) is 3.75. The molecule has 2 aromatic rings. The molecule has 0 saturated heterocycles. The summed E-state index contributed by atoms with van der Waals surface area (Å²) >= 11 is 0. The summed E-state index contributed by atoms with van der Waals surface area (Å²) < 4.78 is 5.24. The Kier molecular flexibility index (Phi) is 17.1. The predicted octanol–water partition coefficient (Wildman–Crippen LogP) is 7.33. The third-order valence-electron chi connectivity index (χ3n) is 2.84. The fraction of sp³-hybridized carbons (Fsp3) is 0.304. The number of rotatable bonds is 3. The van der Waals surface area contributed by atoms with E-state index in [0.29, 0.717) is 0 Å². The van der Waals surface area contributed by atoms with Crippen molar-refractivity contribution in [3.05, 3.63) is 84.5 Å². The molecule has 0 radical (unpaired) electrons. The first-order valence-electron chi connectivity index (χ1n) is 8.63. The maximum absolute atomic E-state index is 5.24. The molecule has 0 atom stereocenters. The van der Waals surface area contributed by atoms with E-state index >= 15 is 0 Å². The lowest BCUT2D eigenvalue weighted by molar-refractivity contribution is 0.413. The van der Waals surface area contributed by atoms with Gasteiger partial charge in [0, 0.05) is 5.56 Å². The Hall–Kier alpha value is -2.28. The van der Waals surface area contributed by atoms with Gasteiger partial charge in [-0.1, -0.05) is 101 Å². The second-order valence-electron chi connectivity index (χ2n) is 4.44. The summed E-state index contributed by atoms with van der Waals surface area (Å²) in [4.78, 5) is 0. The molecule has 0 aliphatic rings. The maximum atomic E-state index is 5.24. The van der Waals surface area contributed by atoms with Gasteiger partial charge in [-0.15, -0.1) is 0 Å². The summed E-state index contributed by atoms with van der Waals surface area (Å²) in [6.45, 7) is 15.8. The van der Waals surface area contributed by atoms with Crippen LogP contribution in [0.25, 0.3) is 5.57 Å². The van der Waals surface area contributed by atoms with Crippen LogP contribution in [0.4, 0.5) is 0 Å². The van der Waals surface area contributed by atoms with Crippen molar-refractivity contribution in [2.45, 2.75) is 41.5 Å². The van der Waals surface area contributed by atoms with Crippen LogP contribution in [0.5, 0.6) is 5.75 Å².